The zero-order valence-electron chi connectivity index (χ0n) is 12.5. The van der Waals surface area contributed by atoms with Gasteiger partial charge >= 0.3 is 0 Å². The quantitative estimate of drug-likeness (QED) is 0.636. The predicted octanol–water partition coefficient (Wildman–Crippen LogP) is 2.97. The van der Waals surface area contributed by atoms with Gasteiger partial charge in [0, 0.05) is 11.6 Å². The van der Waals surface area contributed by atoms with Crippen LogP contribution in [0.2, 0.25) is 0 Å². The lowest BCUT2D eigenvalue weighted by atomic mass is 10.3. The molecule has 5 heteroatoms. The Morgan fingerprint density at radius 1 is 1.32 bits per heavy atom. The van der Waals surface area contributed by atoms with Crippen LogP contribution < -0.4 is 10.7 Å². The number of hydrazone groups is 1. The predicted molar refractivity (Wildman–Crippen MR) is 85.9 cm³/mol. The molecule has 1 heterocycles. The number of carbonyl (C=O) groups is 1. The maximum Gasteiger partial charge on any atom is 0.259 e. The van der Waals surface area contributed by atoms with E-state index < -0.39 is 0 Å². The Hall–Kier alpha value is -2.56. The van der Waals surface area contributed by atoms with Gasteiger partial charge in [0.2, 0.25) is 0 Å². The molecule has 22 heavy (non-hydrogen) atoms. The van der Waals surface area contributed by atoms with Gasteiger partial charge in [0.1, 0.15) is 11.5 Å². The average Bonchev–Trinajstić information content (AvgIpc) is 3.08. The first-order chi connectivity index (χ1) is 10.7. The van der Waals surface area contributed by atoms with Crippen LogP contribution in [-0.2, 0) is 4.79 Å². The van der Waals surface area contributed by atoms with E-state index >= 15 is 0 Å². The van der Waals surface area contributed by atoms with Crippen LogP contribution in [0.4, 0.5) is 5.69 Å². The molecule has 1 aromatic heterocycles. The third-order valence-electron chi connectivity index (χ3n) is 3.73. The molecule has 5 nitrogen and oxygen atoms in total. The summed E-state index contributed by atoms with van der Waals surface area (Å²) in [5.41, 5.74) is 3.37. The average molecular weight is 297 g/mol. The highest BCUT2D eigenvalue weighted by atomic mass is 16.3. The Bertz CT molecular complexity index is 664. The first-order valence-corrected chi connectivity index (χ1v) is 7.43. The number of nitrogens with zero attached hydrogens (tertiary/aromatic N) is 1. The van der Waals surface area contributed by atoms with Gasteiger partial charge < -0.3 is 9.73 Å². The zero-order chi connectivity index (χ0) is 15.4. The van der Waals surface area contributed by atoms with E-state index in [9.17, 15) is 4.79 Å². The van der Waals surface area contributed by atoms with E-state index in [2.05, 4.69) is 22.8 Å². The van der Waals surface area contributed by atoms with Crippen LogP contribution in [0.3, 0.4) is 0 Å². The molecule has 114 valence electrons. The summed E-state index contributed by atoms with van der Waals surface area (Å²) in [5, 5.41) is 6.92. The minimum absolute atomic E-state index is 0.171. The third kappa shape index (κ3) is 3.75. The van der Waals surface area contributed by atoms with Crippen LogP contribution in [-0.4, -0.2) is 18.7 Å². The summed E-state index contributed by atoms with van der Waals surface area (Å²) in [5.74, 6) is 2.71. The first-order valence-electron chi connectivity index (χ1n) is 7.43. The number of benzene rings is 1. The van der Waals surface area contributed by atoms with Crippen molar-refractivity contribution in [3.05, 3.63) is 54.0 Å². The zero-order valence-corrected chi connectivity index (χ0v) is 12.5. The van der Waals surface area contributed by atoms with Crippen molar-refractivity contribution < 1.29 is 9.21 Å². The molecule has 1 aromatic carbocycles. The fourth-order valence-corrected chi connectivity index (χ4v) is 2.30. The molecule has 1 saturated carbocycles. The van der Waals surface area contributed by atoms with E-state index in [1.807, 2.05) is 42.5 Å². The lowest BCUT2D eigenvalue weighted by Crippen LogP contribution is -2.25. The molecular formula is C17H19N3O2. The molecule has 3 rings (SSSR count). The summed E-state index contributed by atoms with van der Waals surface area (Å²) >= 11 is 0. The highest BCUT2D eigenvalue weighted by Crippen LogP contribution is 2.47. The second kappa shape index (κ2) is 6.47. The summed E-state index contributed by atoms with van der Waals surface area (Å²) in [7, 11) is 0. The summed E-state index contributed by atoms with van der Waals surface area (Å²) in [6.45, 7) is 2.38. The number of rotatable bonds is 6. The van der Waals surface area contributed by atoms with Gasteiger partial charge in [-0.05, 0) is 36.6 Å². The number of amides is 1. The van der Waals surface area contributed by atoms with Crippen molar-refractivity contribution in [1.29, 1.82) is 0 Å². The van der Waals surface area contributed by atoms with Gasteiger partial charge in [-0.3, -0.25) is 4.79 Å². The fourth-order valence-electron chi connectivity index (χ4n) is 2.30. The molecule has 0 saturated heterocycles. The maximum absolute atomic E-state index is 11.7. The van der Waals surface area contributed by atoms with Crippen molar-refractivity contribution in [1.82, 2.24) is 5.43 Å². The molecule has 0 bridgehead atoms. The molecule has 1 aliphatic rings. The lowest BCUT2D eigenvalue weighted by Gasteiger charge is -2.04. The van der Waals surface area contributed by atoms with E-state index in [1.54, 1.807) is 0 Å². The molecular weight excluding hydrogens is 278 g/mol. The van der Waals surface area contributed by atoms with Gasteiger partial charge in [0.15, 0.2) is 0 Å². The summed E-state index contributed by atoms with van der Waals surface area (Å²) in [6.07, 6.45) is 2.71. The Kier molecular flexibility index (Phi) is 4.23. The fraction of sp³-hybridized carbons (Fsp3) is 0.294. The Balaban J connectivity index is 1.43. The summed E-state index contributed by atoms with van der Waals surface area (Å²) in [4.78, 5) is 11.7. The van der Waals surface area contributed by atoms with E-state index in [0.29, 0.717) is 17.6 Å². The minimum atomic E-state index is -0.206. The van der Waals surface area contributed by atoms with Crippen molar-refractivity contribution in [2.45, 2.75) is 19.3 Å². The molecule has 0 aliphatic heterocycles. The van der Waals surface area contributed by atoms with Crippen LogP contribution >= 0.6 is 0 Å². The molecule has 2 N–H and O–H groups in total. The van der Waals surface area contributed by atoms with Gasteiger partial charge in [-0.2, -0.15) is 5.10 Å². The highest BCUT2D eigenvalue weighted by Gasteiger charge is 2.36. The summed E-state index contributed by atoms with van der Waals surface area (Å²) in [6, 6.07) is 13.4. The van der Waals surface area contributed by atoms with E-state index in [1.165, 1.54) is 12.6 Å². The second-order valence-corrected chi connectivity index (χ2v) is 5.57. The normalized spacial score (nSPS) is 20.0. The second-order valence-electron chi connectivity index (χ2n) is 5.57. The van der Waals surface area contributed by atoms with Crippen molar-refractivity contribution in [3.8, 4) is 0 Å². The van der Waals surface area contributed by atoms with Crippen LogP contribution in [0, 0.1) is 5.92 Å². The van der Waals surface area contributed by atoms with Crippen molar-refractivity contribution in [2.24, 2.45) is 11.0 Å². The lowest BCUT2D eigenvalue weighted by molar-refractivity contribution is -0.119. The topological polar surface area (TPSA) is 66.6 Å². The maximum atomic E-state index is 11.7. The number of hydrogen-bond donors (Lipinski definition) is 2. The molecule has 0 radical (unpaired) electrons. The smallest absolute Gasteiger partial charge is 0.259 e. The number of hydrogen-bond acceptors (Lipinski definition) is 4. The van der Waals surface area contributed by atoms with Crippen molar-refractivity contribution in [2.75, 3.05) is 11.9 Å². The summed E-state index contributed by atoms with van der Waals surface area (Å²) < 4.78 is 5.67. The molecule has 0 spiro atoms. The molecule has 2 atom stereocenters. The van der Waals surface area contributed by atoms with Crippen LogP contribution in [0.25, 0.3) is 0 Å². The Morgan fingerprint density at radius 2 is 2.09 bits per heavy atom. The Morgan fingerprint density at radius 3 is 2.82 bits per heavy atom. The standard InChI is InChI=1S/C17H19N3O2/c1-12-9-15(12)16-8-7-14(22-16)10-19-20-17(21)11-18-13-5-3-2-4-6-13/h2-8,10,12,15,18H,9,11H2,1H3,(H,20,21)/b19-10-/t12-,15+/m1/s1. The van der Waals surface area contributed by atoms with Crippen LogP contribution in [0.1, 0.15) is 30.8 Å². The van der Waals surface area contributed by atoms with Crippen LogP contribution in [0.15, 0.2) is 52.0 Å². The number of carbonyl (C=O) groups excluding carboxylic acids is 1. The SMILES string of the molecule is C[C@@H]1C[C@@H]1c1ccc(/C=N\NC(=O)CNc2ccccc2)o1. The van der Waals surface area contributed by atoms with Gasteiger partial charge in [-0.15, -0.1) is 0 Å². The number of nitrogens with one attached hydrogen (secondary N) is 2. The van der Waals surface area contributed by atoms with Crippen LogP contribution in [0.5, 0.6) is 0 Å². The molecule has 1 fully saturated rings. The van der Waals surface area contributed by atoms with Gasteiger partial charge in [0.05, 0.1) is 12.8 Å². The van der Waals surface area contributed by atoms with Gasteiger partial charge in [-0.25, -0.2) is 5.43 Å². The van der Waals surface area contributed by atoms with E-state index in [4.69, 9.17) is 4.42 Å². The van der Waals surface area contributed by atoms with E-state index in [-0.39, 0.29) is 12.5 Å². The number of anilines is 1. The molecule has 1 amide bonds. The first kappa shape index (κ1) is 14.4. The largest absolute Gasteiger partial charge is 0.460 e. The van der Waals surface area contributed by atoms with Crippen molar-refractivity contribution in [3.63, 3.8) is 0 Å². The molecule has 2 aromatic rings. The van der Waals surface area contributed by atoms with Gasteiger partial charge in [0.25, 0.3) is 5.91 Å². The van der Waals surface area contributed by atoms with E-state index in [0.717, 1.165) is 11.4 Å². The molecule has 0 unspecified atom stereocenters. The number of furan rings is 1. The monoisotopic (exact) mass is 297 g/mol. The highest BCUT2D eigenvalue weighted by molar-refractivity contribution is 5.83. The molecule has 1 aliphatic carbocycles. The minimum Gasteiger partial charge on any atom is -0.460 e. The van der Waals surface area contributed by atoms with Crippen molar-refractivity contribution >= 4 is 17.8 Å². The third-order valence-corrected chi connectivity index (χ3v) is 3.73. The number of para-hydroxylation sites is 1. The van der Waals surface area contributed by atoms with Gasteiger partial charge in [-0.1, -0.05) is 25.1 Å². The Labute approximate surface area is 129 Å².